The monoisotopic (exact) mass is 405 g/mol. The molecule has 3 aromatic carbocycles. The Kier molecular flexibility index (Phi) is 4.28. The van der Waals surface area contributed by atoms with Crippen molar-refractivity contribution in [3.8, 4) is 0 Å². The van der Waals surface area contributed by atoms with Crippen molar-refractivity contribution >= 4 is 44.1 Å². The van der Waals surface area contributed by atoms with Crippen molar-refractivity contribution in [2.45, 2.75) is 11.5 Å². The molecule has 0 amide bonds. The van der Waals surface area contributed by atoms with Crippen molar-refractivity contribution in [2.24, 2.45) is 0 Å². The SMILES string of the molecule is O=C(CN1c2cccc3cccc(c23)S1(=O)=O)OCc1c(F)cccc1Cl. The van der Waals surface area contributed by atoms with Crippen LogP contribution < -0.4 is 4.31 Å². The van der Waals surface area contributed by atoms with Crippen molar-refractivity contribution < 1.29 is 22.3 Å². The summed E-state index contributed by atoms with van der Waals surface area (Å²) in [5.41, 5.74) is 0.464. The van der Waals surface area contributed by atoms with Crippen LogP contribution in [0.3, 0.4) is 0 Å². The van der Waals surface area contributed by atoms with Crippen LogP contribution in [-0.2, 0) is 26.2 Å². The molecule has 0 atom stereocenters. The van der Waals surface area contributed by atoms with Gasteiger partial charge < -0.3 is 4.74 Å². The summed E-state index contributed by atoms with van der Waals surface area (Å²) in [6, 6.07) is 14.3. The van der Waals surface area contributed by atoms with Crippen LogP contribution in [0.5, 0.6) is 0 Å². The molecule has 5 nitrogen and oxygen atoms in total. The lowest BCUT2D eigenvalue weighted by atomic mass is 10.1. The summed E-state index contributed by atoms with van der Waals surface area (Å²) in [6.07, 6.45) is 0. The Balaban J connectivity index is 1.58. The minimum absolute atomic E-state index is 0.0437. The zero-order valence-corrected chi connectivity index (χ0v) is 15.4. The second kappa shape index (κ2) is 6.51. The average molecular weight is 406 g/mol. The molecule has 27 heavy (non-hydrogen) atoms. The van der Waals surface area contributed by atoms with Gasteiger partial charge in [-0.05, 0) is 29.7 Å². The van der Waals surface area contributed by atoms with E-state index in [0.29, 0.717) is 11.1 Å². The van der Waals surface area contributed by atoms with Crippen LogP contribution in [0.15, 0.2) is 59.5 Å². The van der Waals surface area contributed by atoms with Crippen LogP contribution in [0.2, 0.25) is 5.02 Å². The van der Waals surface area contributed by atoms with E-state index >= 15 is 0 Å². The lowest BCUT2D eigenvalue weighted by Gasteiger charge is -2.18. The van der Waals surface area contributed by atoms with Crippen molar-refractivity contribution in [1.29, 1.82) is 0 Å². The average Bonchev–Trinajstić information content (AvgIpc) is 2.85. The van der Waals surface area contributed by atoms with E-state index in [0.717, 1.165) is 9.69 Å². The predicted octanol–water partition coefficient (Wildman–Crippen LogP) is 3.88. The number of ether oxygens (including phenoxy) is 1. The molecule has 1 heterocycles. The third-order valence-corrected chi connectivity index (χ3v) is 6.55. The smallest absolute Gasteiger partial charge is 0.327 e. The number of sulfonamides is 1. The van der Waals surface area contributed by atoms with E-state index in [2.05, 4.69) is 0 Å². The zero-order valence-electron chi connectivity index (χ0n) is 13.9. The Bertz CT molecular complexity index is 1150. The van der Waals surface area contributed by atoms with Gasteiger partial charge in [-0.1, -0.05) is 41.9 Å². The Morgan fingerprint density at radius 2 is 1.78 bits per heavy atom. The summed E-state index contributed by atoms with van der Waals surface area (Å²) in [5, 5.41) is 1.47. The molecule has 0 aliphatic carbocycles. The van der Waals surface area contributed by atoms with Gasteiger partial charge >= 0.3 is 5.97 Å². The first-order valence-corrected chi connectivity index (χ1v) is 9.84. The lowest BCUT2D eigenvalue weighted by Crippen LogP contribution is -2.33. The van der Waals surface area contributed by atoms with Gasteiger partial charge in [0.1, 0.15) is 19.0 Å². The van der Waals surface area contributed by atoms with Crippen LogP contribution in [0.4, 0.5) is 10.1 Å². The molecule has 0 spiro atoms. The molecular weight excluding hydrogens is 393 g/mol. The van der Waals surface area contributed by atoms with Gasteiger partial charge in [-0.15, -0.1) is 0 Å². The Morgan fingerprint density at radius 1 is 1.07 bits per heavy atom. The Labute approximate surface area is 160 Å². The molecule has 4 rings (SSSR count). The highest BCUT2D eigenvalue weighted by Crippen LogP contribution is 2.41. The molecule has 1 aliphatic rings. The first-order chi connectivity index (χ1) is 12.9. The van der Waals surface area contributed by atoms with Crippen LogP contribution in [0.1, 0.15) is 5.56 Å². The topological polar surface area (TPSA) is 63.7 Å². The number of hydrogen-bond donors (Lipinski definition) is 0. The van der Waals surface area contributed by atoms with Gasteiger partial charge in [0.15, 0.2) is 0 Å². The summed E-state index contributed by atoms with van der Waals surface area (Å²) in [6.45, 7) is -0.891. The molecule has 138 valence electrons. The molecule has 0 unspecified atom stereocenters. The number of carbonyl (C=O) groups is 1. The third-order valence-electron chi connectivity index (χ3n) is 4.39. The summed E-state index contributed by atoms with van der Waals surface area (Å²) >= 11 is 5.91. The van der Waals surface area contributed by atoms with Gasteiger partial charge in [-0.2, -0.15) is 0 Å². The van der Waals surface area contributed by atoms with E-state index in [4.69, 9.17) is 16.3 Å². The van der Waals surface area contributed by atoms with Gasteiger partial charge in [-0.3, -0.25) is 9.10 Å². The van der Waals surface area contributed by atoms with Gasteiger partial charge in [0, 0.05) is 10.9 Å². The van der Waals surface area contributed by atoms with E-state index in [1.54, 1.807) is 30.3 Å². The fraction of sp³-hybridized carbons (Fsp3) is 0.105. The largest absolute Gasteiger partial charge is 0.459 e. The highest BCUT2D eigenvalue weighted by Gasteiger charge is 2.37. The van der Waals surface area contributed by atoms with E-state index < -0.39 is 28.4 Å². The molecule has 8 heteroatoms. The number of halogens is 2. The molecule has 0 aromatic heterocycles. The second-order valence-corrected chi connectivity index (χ2v) is 8.24. The number of benzene rings is 3. The quantitative estimate of drug-likeness (QED) is 0.618. The van der Waals surface area contributed by atoms with Crippen molar-refractivity contribution in [3.05, 3.63) is 71.0 Å². The number of rotatable bonds is 4. The fourth-order valence-corrected chi connectivity index (χ4v) is 4.99. The van der Waals surface area contributed by atoms with Gasteiger partial charge in [0.05, 0.1) is 15.6 Å². The van der Waals surface area contributed by atoms with Crippen LogP contribution >= 0.6 is 11.6 Å². The summed E-state index contributed by atoms with van der Waals surface area (Å²) < 4.78 is 45.5. The number of anilines is 1. The minimum Gasteiger partial charge on any atom is -0.459 e. The molecule has 0 saturated heterocycles. The van der Waals surface area contributed by atoms with Crippen molar-refractivity contribution in [1.82, 2.24) is 0 Å². The van der Waals surface area contributed by atoms with E-state index in [-0.39, 0.29) is 22.1 Å². The predicted molar refractivity (Wildman–Crippen MR) is 99.7 cm³/mol. The van der Waals surface area contributed by atoms with Gasteiger partial charge in [0.25, 0.3) is 10.0 Å². The molecule has 0 N–H and O–H groups in total. The van der Waals surface area contributed by atoms with Crippen LogP contribution in [0.25, 0.3) is 10.8 Å². The molecule has 3 aromatic rings. The molecular formula is C19H13ClFNO4S. The van der Waals surface area contributed by atoms with Crippen LogP contribution in [-0.4, -0.2) is 20.9 Å². The molecule has 1 aliphatic heterocycles. The summed E-state index contributed by atoms with van der Waals surface area (Å²) in [4.78, 5) is 12.4. The Morgan fingerprint density at radius 3 is 2.52 bits per heavy atom. The van der Waals surface area contributed by atoms with E-state index in [9.17, 15) is 17.6 Å². The summed E-state index contributed by atoms with van der Waals surface area (Å²) in [5.74, 6) is -1.40. The molecule has 0 saturated carbocycles. The first kappa shape index (κ1) is 17.8. The first-order valence-electron chi connectivity index (χ1n) is 8.02. The minimum atomic E-state index is -3.86. The molecule has 0 bridgehead atoms. The van der Waals surface area contributed by atoms with Gasteiger partial charge in [-0.25, -0.2) is 12.8 Å². The fourth-order valence-electron chi connectivity index (χ4n) is 3.11. The zero-order chi connectivity index (χ0) is 19.2. The van der Waals surface area contributed by atoms with E-state index in [1.165, 1.54) is 24.3 Å². The summed E-state index contributed by atoms with van der Waals surface area (Å²) in [7, 11) is -3.86. The van der Waals surface area contributed by atoms with E-state index in [1.807, 2.05) is 0 Å². The highest BCUT2D eigenvalue weighted by molar-refractivity contribution is 7.93. The molecule has 0 radical (unpaired) electrons. The number of nitrogens with zero attached hydrogens (tertiary/aromatic N) is 1. The normalized spacial score (nSPS) is 14.5. The van der Waals surface area contributed by atoms with Gasteiger partial charge in [0.2, 0.25) is 0 Å². The third kappa shape index (κ3) is 2.93. The second-order valence-electron chi connectivity index (χ2n) is 6.00. The maximum atomic E-state index is 13.8. The lowest BCUT2D eigenvalue weighted by molar-refractivity contribution is -0.143. The number of hydrogen-bond acceptors (Lipinski definition) is 4. The maximum Gasteiger partial charge on any atom is 0.327 e. The number of carbonyl (C=O) groups excluding carboxylic acids is 1. The van der Waals surface area contributed by atoms with Crippen molar-refractivity contribution in [2.75, 3.05) is 10.8 Å². The Hall–Kier alpha value is -2.64. The number of esters is 1. The maximum absolute atomic E-state index is 13.8. The standard InChI is InChI=1S/C19H13ClFNO4S/c20-14-6-3-7-15(21)13(14)11-26-18(23)10-22-16-8-1-4-12-5-2-9-17(19(12)16)27(22,24)25/h1-9H,10-11H2. The highest BCUT2D eigenvalue weighted by atomic mass is 35.5. The van der Waals surface area contributed by atoms with Crippen molar-refractivity contribution in [3.63, 3.8) is 0 Å². The molecule has 0 fully saturated rings. The van der Waals surface area contributed by atoms with Crippen LogP contribution in [0, 0.1) is 5.82 Å².